The molecule has 0 fully saturated rings. The van der Waals surface area contributed by atoms with Gasteiger partial charge in [-0.2, -0.15) is 0 Å². The molecule has 1 unspecified atom stereocenters. The zero-order chi connectivity index (χ0) is 23.8. The molecule has 5 rings (SSSR count). The number of para-hydroxylation sites is 3. The third-order valence-electron chi connectivity index (χ3n) is 5.87. The van der Waals surface area contributed by atoms with Crippen molar-refractivity contribution in [2.75, 3.05) is 19.1 Å². The number of ether oxygens (including phenoxy) is 2. The van der Waals surface area contributed by atoms with Crippen molar-refractivity contribution in [3.8, 4) is 11.5 Å². The molecule has 0 bridgehead atoms. The van der Waals surface area contributed by atoms with Crippen LogP contribution in [0.25, 0.3) is 11.0 Å². The zero-order valence-corrected chi connectivity index (χ0v) is 18.5. The van der Waals surface area contributed by atoms with Crippen LogP contribution in [0.5, 0.6) is 11.5 Å². The van der Waals surface area contributed by atoms with E-state index in [0.717, 1.165) is 0 Å². The summed E-state index contributed by atoms with van der Waals surface area (Å²) >= 11 is 0. The number of nitrogens with zero attached hydrogens (tertiary/aromatic N) is 1. The zero-order valence-electron chi connectivity index (χ0n) is 18.5. The Morgan fingerprint density at radius 3 is 2.32 bits per heavy atom. The van der Waals surface area contributed by atoms with Crippen LogP contribution in [-0.4, -0.2) is 31.0 Å². The minimum absolute atomic E-state index is 0.0105. The number of aliphatic hydroxyl groups excluding tert-OH is 1. The summed E-state index contributed by atoms with van der Waals surface area (Å²) in [6, 6.07) is 21.9. The molecule has 7 heteroatoms. The van der Waals surface area contributed by atoms with Gasteiger partial charge in [-0.15, -0.1) is 0 Å². The maximum Gasteiger partial charge on any atom is 0.294 e. The lowest BCUT2D eigenvalue weighted by Gasteiger charge is -2.27. The molecule has 0 saturated carbocycles. The Balaban J connectivity index is 1.69. The van der Waals surface area contributed by atoms with E-state index in [-0.39, 0.29) is 11.3 Å². The lowest BCUT2D eigenvalue weighted by molar-refractivity contribution is -0.117. The smallest absolute Gasteiger partial charge is 0.294 e. The van der Waals surface area contributed by atoms with E-state index in [1.807, 2.05) is 6.07 Å². The van der Waals surface area contributed by atoms with E-state index in [9.17, 15) is 14.7 Å². The van der Waals surface area contributed by atoms with Crippen LogP contribution in [0.1, 0.15) is 22.2 Å². The van der Waals surface area contributed by atoms with Crippen molar-refractivity contribution in [1.82, 2.24) is 0 Å². The van der Waals surface area contributed by atoms with Gasteiger partial charge in [0.25, 0.3) is 5.91 Å². The normalized spacial score (nSPS) is 15.8. The standard InChI is InChI=1S/C27H21NO6/c1-32-19-13-7-6-12-18(19)23-22(25(30)27(31)28(23)17-10-4-3-5-11-17)24(29)21-15-16-9-8-14-20(33-2)26(16)34-21/h3-15,23,30H,1-2H3. The molecule has 1 N–H and O–H groups in total. The van der Waals surface area contributed by atoms with Gasteiger partial charge in [-0.1, -0.05) is 48.5 Å². The van der Waals surface area contributed by atoms with Gasteiger partial charge in [0.05, 0.1) is 25.8 Å². The van der Waals surface area contributed by atoms with Gasteiger partial charge in [0.1, 0.15) is 5.75 Å². The number of methoxy groups -OCH3 is 2. The maximum atomic E-state index is 13.8. The van der Waals surface area contributed by atoms with Crippen LogP contribution in [0.3, 0.4) is 0 Å². The molecule has 0 spiro atoms. The Morgan fingerprint density at radius 1 is 0.912 bits per heavy atom. The number of Topliss-reactive ketones (excluding diaryl/α,β-unsaturated/α-hetero) is 1. The van der Waals surface area contributed by atoms with E-state index >= 15 is 0 Å². The number of hydrogen-bond donors (Lipinski definition) is 1. The number of rotatable bonds is 6. The highest BCUT2D eigenvalue weighted by atomic mass is 16.5. The number of benzene rings is 3. The summed E-state index contributed by atoms with van der Waals surface area (Å²) in [6.45, 7) is 0. The molecule has 170 valence electrons. The first-order chi connectivity index (χ1) is 16.5. The van der Waals surface area contributed by atoms with Gasteiger partial charge in [-0.3, -0.25) is 14.5 Å². The van der Waals surface area contributed by atoms with Crippen LogP contribution in [0.2, 0.25) is 0 Å². The average molecular weight is 455 g/mol. The third-order valence-corrected chi connectivity index (χ3v) is 5.87. The number of aliphatic hydroxyl groups is 1. The molecule has 0 radical (unpaired) electrons. The van der Waals surface area contributed by atoms with Crippen molar-refractivity contribution in [1.29, 1.82) is 0 Å². The third kappa shape index (κ3) is 3.29. The number of anilines is 1. The minimum atomic E-state index is -0.923. The quantitative estimate of drug-likeness (QED) is 0.400. The van der Waals surface area contributed by atoms with E-state index in [2.05, 4.69) is 0 Å². The number of amides is 1. The number of furan rings is 1. The number of fused-ring (bicyclic) bond motifs is 1. The lowest BCUT2D eigenvalue weighted by Crippen LogP contribution is -2.31. The predicted molar refractivity (Wildman–Crippen MR) is 126 cm³/mol. The highest BCUT2D eigenvalue weighted by Crippen LogP contribution is 2.45. The molecule has 1 aromatic heterocycles. The van der Waals surface area contributed by atoms with Crippen LogP contribution in [0.15, 0.2) is 94.6 Å². The fourth-order valence-electron chi connectivity index (χ4n) is 4.32. The number of carbonyl (C=O) groups excluding carboxylic acids is 2. The number of ketones is 1. The summed E-state index contributed by atoms with van der Waals surface area (Å²) in [4.78, 5) is 28.4. The molecule has 4 aromatic rings. The number of carbonyl (C=O) groups is 2. The fourth-order valence-corrected chi connectivity index (χ4v) is 4.32. The maximum absolute atomic E-state index is 13.8. The molecule has 0 saturated heterocycles. The van der Waals surface area contributed by atoms with E-state index in [4.69, 9.17) is 13.9 Å². The van der Waals surface area contributed by atoms with Crippen molar-refractivity contribution < 1.29 is 28.6 Å². The second kappa shape index (κ2) is 8.44. The van der Waals surface area contributed by atoms with Gasteiger partial charge in [0, 0.05) is 16.6 Å². The summed E-state index contributed by atoms with van der Waals surface area (Å²) in [5, 5.41) is 11.6. The highest BCUT2D eigenvalue weighted by Gasteiger charge is 2.46. The average Bonchev–Trinajstić information content (AvgIpc) is 3.43. The van der Waals surface area contributed by atoms with Crippen LogP contribution >= 0.6 is 0 Å². The Bertz CT molecular complexity index is 1440. The summed E-state index contributed by atoms with van der Waals surface area (Å²) in [7, 11) is 3.03. The van der Waals surface area contributed by atoms with Crippen LogP contribution in [0, 0.1) is 0 Å². The predicted octanol–water partition coefficient (Wildman–Crippen LogP) is 5.23. The topological polar surface area (TPSA) is 89.2 Å². The second-order valence-corrected chi connectivity index (χ2v) is 7.74. The minimum Gasteiger partial charge on any atom is -0.503 e. The van der Waals surface area contributed by atoms with Gasteiger partial charge in [-0.25, -0.2) is 0 Å². The fraction of sp³-hybridized carbons (Fsp3) is 0.111. The lowest BCUT2D eigenvalue weighted by atomic mass is 9.94. The van der Waals surface area contributed by atoms with E-state index in [1.54, 1.807) is 72.8 Å². The molecular weight excluding hydrogens is 434 g/mol. The van der Waals surface area contributed by atoms with E-state index < -0.39 is 23.5 Å². The summed E-state index contributed by atoms with van der Waals surface area (Å²) in [6.07, 6.45) is 0. The van der Waals surface area contributed by atoms with Gasteiger partial charge >= 0.3 is 0 Å². The Kier molecular flexibility index (Phi) is 5.30. The summed E-state index contributed by atoms with van der Waals surface area (Å²) in [5.74, 6) is -0.963. The molecule has 1 atom stereocenters. The molecule has 1 aliphatic heterocycles. The first-order valence-electron chi connectivity index (χ1n) is 10.6. The molecular formula is C27H21NO6. The Morgan fingerprint density at radius 2 is 1.59 bits per heavy atom. The first kappa shape index (κ1) is 21.3. The molecule has 34 heavy (non-hydrogen) atoms. The van der Waals surface area contributed by atoms with Crippen LogP contribution in [-0.2, 0) is 4.79 Å². The largest absolute Gasteiger partial charge is 0.503 e. The molecule has 7 nitrogen and oxygen atoms in total. The van der Waals surface area contributed by atoms with Crippen molar-refractivity contribution in [3.63, 3.8) is 0 Å². The van der Waals surface area contributed by atoms with Gasteiger partial charge in [-0.05, 0) is 30.3 Å². The molecule has 1 amide bonds. The van der Waals surface area contributed by atoms with E-state index in [0.29, 0.717) is 33.7 Å². The van der Waals surface area contributed by atoms with Gasteiger partial charge < -0.3 is 19.0 Å². The molecule has 2 heterocycles. The molecule has 1 aliphatic rings. The Labute approximate surface area is 195 Å². The van der Waals surface area contributed by atoms with Crippen molar-refractivity contribution in [2.24, 2.45) is 0 Å². The van der Waals surface area contributed by atoms with Crippen molar-refractivity contribution in [3.05, 3.63) is 102 Å². The molecule has 0 aliphatic carbocycles. The van der Waals surface area contributed by atoms with Crippen molar-refractivity contribution >= 4 is 28.3 Å². The number of hydrogen-bond acceptors (Lipinski definition) is 6. The monoisotopic (exact) mass is 455 g/mol. The molecule has 3 aromatic carbocycles. The summed E-state index contributed by atoms with van der Waals surface area (Å²) < 4.78 is 16.7. The van der Waals surface area contributed by atoms with Crippen molar-refractivity contribution in [2.45, 2.75) is 6.04 Å². The highest BCUT2D eigenvalue weighted by molar-refractivity contribution is 6.20. The summed E-state index contributed by atoms with van der Waals surface area (Å²) in [5.41, 5.74) is 1.41. The first-order valence-corrected chi connectivity index (χ1v) is 10.6. The van der Waals surface area contributed by atoms with E-state index in [1.165, 1.54) is 19.1 Å². The van der Waals surface area contributed by atoms with Gasteiger partial charge in [0.2, 0.25) is 5.78 Å². The van der Waals surface area contributed by atoms with Crippen LogP contribution in [0.4, 0.5) is 5.69 Å². The SMILES string of the molecule is COc1ccccc1C1C(C(=O)c2cc3cccc(OC)c3o2)=C(O)C(=O)N1c1ccccc1. The second-order valence-electron chi connectivity index (χ2n) is 7.74. The van der Waals surface area contributed by atoms with Gasteiger partial charge in [0.15, 0.2) is 22.9 Å². The van der Waals surface area contributed by atoms with Crippen LogP contribution < -0.4 is 14.4 Å². The Hall–Kier alpha value is -4.52.